The maximum absolute atomic E-state index is 12.2. The van der Waals surface area contributed by atoms with E-state index in [0.717, 1.165) is 22.4 Å². The first-order valence-corrected chi connectivity index (χ1v) is 7.86. The van der Waals surface area contributed by atoms with E-state index in [1.54, 1.807) is 6.92 Å². The molecule has 4 heteroatoms. The second kappa shape index (κ2) is 6.54. The van der Waals surface area contributed by atoms with Crippen LogP contribution in [0.4, 0.5) is 0 Å². The van der Waals surface area contributed by atoms with Crippen molar-refractivity contribution in [3.05, 3.63) is 65.5 Å². The zero-order valence-electron chi connectivity index (χ0n) is 12.2. The molecule has 1 heterocycles. The number of benzene rings is 2. The lowest BCUT2D eigenvalue weighted by atomic mass is 9.99. The van der Waals surface area contributed by atoms with E-state index >= 15 is 0 Å². The normalized spacial score (nSPS) is 10.4. The van der Waals surface area contributed by atoms with Crippen molar-refractivity contribution in [2.75, 3.05) is 6.61 Å². The molecule has 0 aliphatic carbocycles. The summed E-state index contributed by atoms with van der Waals surface area (Å²) in [5, 5.41) is 0. The second-order valence-electron chi connectivity index (χ2n) is 4.69. The Labute approximate surface area is 133 Å². The van der Waals surface area contributed by atoms with Gasteiger partial charge in [0.2, 0.25) is 0 Å². The minimum absolute atomic E-state index is 0.318. The van der Waals surface area contributed by atoms with Crippen LogP contribution in [0, 0.1) is 0 Å². The van der Waals surface area contributed by atoms with E-state index in [1.165, 1.54) is 11.5 Å². The Balaban J connectivity index is 2.18. The Morgan fingerprint density at radius 2 is 1.59 bits per heavy atom. The Morgan fingerprint density at radius 1 is 1.00 bits per heavy atom. The predicted molar refractivity (Wildman–Crippen MR) is 88.9 cm³/mol. The van der Waals surface area contributed by atoms with Crippen molar-refractivity contribution in [2.24, 2.45) is 0 Å². The number of hydrogen-bond donors (Lipinski definition) is 0. The molecule has 0 unspecified atom stereocenters. The van der Waals surface area contributed by atoms with Crippen LogP contribution in [0.15, 0.2) is 60.7 Å². The molecule has 0 aliphatic heterocycles. The zero-order chi connectivity index (χ0) is 15.4. The Kier molecular flexibility index (Phi) is 4.30. The largest absolute Gasteiger partial charge is 0.462 e. The first-order chi connectivity index (χ1) is 10.8. The number of hydrogen-bond acceptors (Lipinski definition) is 4. The highest BCUT2D eigenvalue weighted by molar-refractivity contribution is 7.09. The van der Waals surface area contributed by atoms with E-state index < -0.39 is 0 Å². The van der Waals surface area contributed by atoms with Gasteiger partial charge in [0.1, 0.15) is 4.88 Å². The highest BCUT2D eigenvalue weighted by atomic mass is 32.1. The van der Waals surface area contributed by atoms with Crippen molar-refractivity contribution in [1.82, 2.24) is 4.37 Å². The third kappa shape index (κ3) is 2.78. The van der Waals surface area contributed by atoms with Crippen molar-refractivity contribution < 1.29 is 9.53 Å². The summed E-state index contributed by atoms with van der Waals surface area (Å²) in [6.45, 7) is 2.16. The predicted octanol–water partition coefficient (Wildman–Crippen LogP) is 4.65. The third-order valence-corrected chi connectivity index (χ3v) is 4.09. The number of carbonyl (C=O) groups is 1. The molecule has 0 saturated heterocycles. The molecule has 3 rings (SSSR count). The Morgan fingerprint density at radius 3 is 2.18 bits per heavy atom. The fourth-order valence-electron chi connectivity index (χ4n) is 2.29. The van der Waals surface area contributed by atoms with Crippen LogP contribution in [-0.2, 0) is 4.74 Å². The average molecular weight is 309 g/mol. The minimum Gasteiger partial charge on any atom is -0.462 e. The van der Waals surface area contributed by atoms with Gasteiger partial charge >= 0.3 is 5.97 Å². The molecule has 22 heavy (non-hydrogen) atoms. The van der Waals surface area contributed by atoms with Crippen molar-refractivity contribution in [3.8, 4) is 22.4 Å². The molecule has 110 valence electrons. The van der Waals surface area contributed by atoms with Gasteiger partial charge < -0.3 is 4.74 Å². The number of carbonyl (C=O) groups excluding carboxylic acids is 1. The molecule has 2 aromatic carbocycles. The zero-order valence-corrected chi connectivity index (χ0v) is 13.0. The maximum Gasteiger partial charge on any atom is 0.350 e. The quantitative estimate of drug-likeness (QED) is 0.658. The first-order valence-electron chi connectivity index (χ1n) is 7.09. The third-order valence-electron chi connectivity index (χ3n) is 3.26. The van der Waals surface area contributed by atoms with E-state index in [-0.39, 0.29) is 5.97 Å². The van der Waals surface area contributed by atoms with Gasteiger partial charge in [-0.05, 0) is 24.0 Å². The molecule has 0 amide bonds. The van der Waals surface area contributed by atoms with Gasteiger partial charge in [-0.3, -0.25) is 0 Å². The van der Waals surface area contributed by atoms with Gasteiger partial charge in [-0.1, -0.05) is 60.7 Å². The molecule has 0 bridgehead atoms. The number of rotatable bonds is 4. The topological polar surface area (TPSA) is 39.2 Å². The summed E-state index contributed by atoms with van der Waals surface area (Å²) in [4.78, 5) is 12.8. The molecule has 0 atom stereocenters. The number of aromatic nitrogens is 1. The van der Waals surface area contributed by atoms with Crippen LogP contribution in [0.25, 0.3) is 22.4 Å². The summed E-state index contributed by atoms with van der Waals surface area (Å²) in [5.41, 5.74) is 3.63. The molecule has 1 aromatic heterocycles. The average Bonchev–Trinajstić information content (AvgIpc) is 3.02. The van der Waals surface area contributed by atoms with Gasteiger partial charge in [-0.15, -0.1) is 0 Å². The Bertz CT molecular complexity index is 766. The summed E-state index contributed by atoms with van der Waals surface area (Å²) in [7, 11) is 0. The monoisotopic (exact) mass is 309 g/mol. The van der Waals surface area contributed by atoms with Crippen molar-refractivity contribution in [3.63, 3.8) is 0 Å². The van der Waals surface area contributed by atoms with Gasteiger partial charge in [0, 0.05) is 11.1 Å². The summed E-state index contributed by atoms with van der Waals surface area (Å²) < 4.78 is 9.68. The fourth-order valence-corrected chi connectivity index (χ4v) is 3.11. The van der Waals surface area contributed by atoms with E-state index in [0.29, 0.717) is 11.5 Å². The Hall–Kier alpha value is -2.46. The molecule has 0 N–H and O–H groups in total. The van der Waals surface area contributed by atoms with Crippen LogP contribution in [-0.4, -0.2) is 16.9 Å². The lowest BCUT2D eigenvalue weighted by Crippen LogP contribution is -2.03. The number of esters is 1. The molecule has 3 nitrogen and oxygen atoms in total. The number of nitrogens with zero attached hydrogens (tertiary/aromatic N) is 1. The molecular weight excluding hydrogens is 294 g/mol. The standard InChI is InChI=1S/C18H15NO2S/c1-2-21-18(20)17-15(13-9-5-3-6-10-13)16(19-22-17)14-11-7-4-8-12-14/h3-12H,2H2,1H3. The van der Waals surface area contributed by atoms with Gasteiger partial charge in [0.25, 0.3) is 0 Å². The molecule has 3 aromatic rings. The summed E-state index contributed by atoms with van der Waals surface area (Å²) in [6.07, 6.45) is 0. The van der Waals surface area contributed by atoms with Crippen LogP contribution < -0.4 is 0 Å². The lowest BCUT2D eigenvalue weighted by Gasteiger charge is -2.06. The molecule has 0 spiro atoms. The smallest absolute Gasteiger partial charge is 0.350 e. The van der Waals surface area contributed by atoms with Crippen molar-refractivity contribution >= 4 is 17.5 Å². The highest BCUT2D eigenvalue weighted by Gasteiger charge is 2.22. The molecule has 0 fully saturated rings. The van der Waals surface area contributed by atoms with E-state index in [2.05, 4.69) is 4.37 Å². The summed E-state index contributed by atoms with van der Waals surface area (Å²) >= 11 is 1.19. The molecule has 0 radical (unpaired) electrons. The van der Waals surface area contributed by atoms with Crippen LogP contribution in [0.1, 0.15) is 16.6 Å². The van der Waals surface area contributed by atoms with Gasteiger partial charge in [0.05, 0.1) is 12.3 Å². The SMILES string of the molecule is CCOC(=O)c1snc(-c2ccccc2)c1-c1ccccc1. The molecule has 0 saturated carbocycles. The molecular formula is C18H15NO2S. The maximum atomic E-state index is 12.2. The summed E-state index contributed by atoms with van der Waals surface area (Å²) in [6, 6.07) is 19.7. The van der Waals surface area contributed by atoms with Crippen molar-refractivity contribution in [2.45, 2.75) is 6.92 Å². The van der Waals surface area contributed by atoms with Gasteiger partial charge in [-0.2, -0.15) is 4.37 Å². The highest BCUT2D eigenvalue weighted by Crippen LogP contribution is 2.37. The van der Waals surface area contributed by atoms with Crippen LogP contribution >= 0.6 is 11.5 Å². The lowest BCUT2D eigenvalue weighted by molar-refractivity contribution is 0.0533. The van der Waals surface area contributed by atoms with Gasteiger partial charge in [0.15, 0.2) is 0 Å². The van der Waals surface area contributed by atoms with E-state index in [9.17, 15) is 4.79 Å². The van der Waals surface area contributed by atoms with E-state index in [4.69, 9.17) is 4.74 Å². The van der Waals surface area contributed by atoms with Crippen LogP contribution in [0.3, 0.4) is 0 Å². The first kappa shape index (κ1) is 14.5. The second-order valence-corrected chi connectivity index (χ2v) is 5.46. The number of ether oxygens (including phenoxy) is 1. The fraction of sp³-hybridized carbons (Fsp3) is 0.111. The van der Waals surface area contributed by atoms with Crippen LogP contribution in [0.5, 0.6) is 0 Å². The van der Waals surface area contributed by atoms with Crippen molar-refractivity contribution in [1.29, 1.82) is 0 Å². The summed E-state index contributed by atoms with van der Waals surface area (Å²) in [5.74, 6) is -0.318. The molecule has 0 aliphatic rings. The van der Waals surface area contributed by atoms with Gasteiger partial charge in [-0.25, -0.2) is 4.79 Å². The minimum atomic E-state index is -0.318. The van der Waals surface area contributed by atoms with Crippen LogP contribution in [0.2, 0.25) is 0 Å². The van der Waals surface area contributed by atoms with E-state index in [1.807, 2.05) is 60.7 Å².